The predicted molar refractivity (Wildman–Crippen MR) is 106 cm³/mol. The third kappa shape index (κ3) is 4.94. The van der Waals surface area contributed by atoms with Crippen molar-refractivity contribution >= 4 is 46.9 Å². The maximum atomic E-state index is 11.8. The second-order valence-electron chi connectivity index (χ2n) is 6.29. The van der Waals surface area contributed by atoms with E-state index in [-0.39, 0.29) is 11.8 Å². The van der Waals surface area contributed by atoms with E-state index < -0.39 is 11.9 Å². The molecular formula is C17H19Cl2N5O2S. The molecule has 1 aliphatic carbocycles. The first-order chi connectivity index (χ1) is 13.0. The van der Waals surface area contributed by atoms with Gasteiger partial charge < -0.3 is 5.73 Å². The van der Waals surface area contributed by atoms with Gasteiger partial charge in [0.15, 0.2) is 11.0 Å². The summed E-state index contributed by atoms with van der Waals surface area (Å²) in [6, 6.07) is 4.61. The van der Waals surface area contributed by atoms with Crippen LogP contribution in [0.25, 0.3) is 11.4 Å². The Kier molecular flexibility index (Phi) is 6.62. The Balaban J connectivity index is 1.92. The van der Waals surface area contributed by atoms with E-state index in [2.05, 4.69) is 20.1 Å². The molecule has 0 bridgehead atoms. The standard InChI is InChI=1S/C17H19Cl2N5O2S/c18-10-6-7-12(13(19)8-10)15-22-23-17(27-9-14(25)21-16(20)26)24(15)11-4-2-1-3-5-11/h6-8,11H,1-5,9H2,(H3,20,21,25,26). The fourth-order valence-corrected chi connectivity index (χ4v) is 4.50. The highest BCUT2D eigenvalue weighted by atomic mass is 35.5. The molecule has 0 saturated heterocycles. The number of carbonyl (C=O) groups is 2. The number of hydrogen-bond donors (Lipinski definition) is 2. The van der Waals surface area contributed by atoms with E-state index in [9.17, 15) is 9.59 Å². The number of amides is 3. The van der Waals surface area contributed by atoms with Crippen LogP contribution in [0.1, 0.15) is 38.1 Å². The van der Waals surface area contributed by atoms with E-state index in [4.69, 9.17) is 28.9 Å². The highest BCUT2D eigenvalue weighted by molar-refractivity contribution is 7.99. The number of aromatic nitrogens is 3. The molecule has 3 N–H and O–H groups in total. The zero-order chi connectivity index (χ0) is 19.4. The summed E-state index contributed by atoms with van der Waals surface area (Å²) in [5.41, 5.74) is 5.72. The van der Waals surface area contributed by atoms with E-state index in [1.54, 1.807) is 12.1 Å². The zero-order valence-corrected chi connectivity index (χ0v) is 16.8. The highest BCUT2D eigenvalue weighted by Crippen LogP contribution is 2.37. The maximum Gasteiger partial charge on any atom is 0.318 e. The summed E-state index contributed by atoms with van der Waals surface area (Å²) in [7, 11) is 0. The van der Waals surface area contributed by atoms with Gasteiger partial charge in [0.1, 0.15) is 0 Å². The van der Waals surface area contributed by atoms with Gasteiger partial charge in [-0.3, -0.25) is 14.7 Å². The first-order valence-electron chi connectivity index (χ1n) is 8.58. The Morgan fingerprint density at radius 1 is 1.22 bits per heavy atom. The van der Waals surface area contributed by atoms with Crippen LogP contribution in [0, 0.1) is 0 Å². The van der Waals surface area contributed by atoms with Crippen molar-refractivity contribution in [2.45, 2.75) is 43.3 Å². The first-order valence-corrected chi connectivity index (χ1v) is 10.3. The van der Waals surface area contributed by atoms with E-state index in [1.165, 1.54) is 18.2 Å². The van der Waals surface area contributed by atoms with Crippen molar-refractivity contribution in [2.24, 2.45) is 5.73 Å². The summed E-state index contributed by atoms with van der Waals surface area (Å²) in [6.07, 6.45) is 5.49. The molecule has 1 heterocycles. The van der Waals surface area contributed by atoms with Gasteiger partial charge in [0.05, 0.1) is 10.8 Å². The molecule has 0 spiro atoms. The van der Waals surface area contributed by atoms with Crippen LogP contribution in [-0.2, 0) is 4.79 Å². The second-order valence-corrected chi connectivity index (χ2v) is 8.08. The van der Waals surface area contributed by atoms with Gasteiger partial charge in [0.2, 0.25) is 5.91 Å². The van der Waals surface area contributed by atoms with E-state index in [1.807, 2.05) is 6.07 Å². The number of primary amides is 1. The molecule has 144 valence electrons. The monoisotopic (exact) mass is 427 g/mol. The quantitative estimate of drug-likeness (QED) is 0.700. The first kappa shape index (κ1) is 20.0. The van der Waals surface area contributed by atoms with Gasteiger partial charge in [-0.2, -0.15) is 0 Å². The summed E-state index contributed by atoms with van der Waals surface area (Å²) in [5.74, 6) is 0.195. The molecule has 1 aromatic heterocycles. The van der Waals surface area contributed by atoms with E-state index >= 15 is 0 Å². The lowest BCUT2D eigenvalue weighted by atomic mass is 9.95. The SMILES string of the molecule is NC(=O)NC(=O)CSc1nnc(-c2ccc(Cl)cc2Cl)n1C1CCCCC1. The minimum absolute atomic E-state index is 0.0160. The van der Waals surface area contributed by atoms with Crippen molar-refractivity contribution in [3.05, 3.63) is 28.2 Å². The summed E-state index contributed by atoms with van der Waals surface area (Å²) in [4.78, 5) is 22.6. The number of carbonyl (C=O) groups excluding carboxylic acids is 2. The molecule has 1 aromatic carbocycles. The van der Waals surface area contributed by atoms with Gasteiger partial charge in [-0.25, -0.2) is 4.79 Å². The van der Waals surface area contributed by atoms with Crippen molar-refractivity contribution in [2.75, 3.05) is 5.75 Å². The molecule has 0 unspecified atom stereocenters. The van der Waals surface area contributed by atoms with Gasteiger partial charge in [-0.15, -0.1) is 10.2 Å². The van der Waals surface area contributed by atoms with Crippen molar-refractivity contribution in [1.82, 2.24) is 20.1 Å². The average Bonchev–Trinajstić information content (AvgIpc) is 3.04. The molecule has 2 aromatic rings. The third-order valence-corrected chi connectivity index (χ3v) is 5.86. The van der Waals surface area contributed by atoms with Crippen LogP contribution in [0.4, 0.5) is 4.79 Å². The highest BCUT2D eigenvalue weighted by Gasteiger charge is 2.25. The number of rotatable bonds is 5. The molecule has 10 heteroatoms. The average molecular weight is 428 g/mol. The summed E-state index contributed by atoms with van der Waals surface area (Å²) >= 11 is 13.6. The van der Waals surface area contributed by atoms with Crippen LogP contribution in [0.3, 0.4) is 0 Å². The Labute approximate surface area is 171 Å². The lowest BCUT2D eigenvalue weighted by molar-refractivity contribution is -0.117. The molecule has 0 atom stereocenters. The fraction of sp³-hybridized carbons (Fsp3) is 0.412. The van der Waals surface area contributed by atoms with Crippen molar-refractivity contribution < 1.29 is 9.59 Å². The number of thioether (sulfide) groups is 1. The molecular weight excluding hydrogens is 409 g/mol. The summed E-state index contributed by atoms with van der Waals surface area (Å²) < 4.78 is 2.05. The molecule has 7 nitrogen and oxygen atoms in total. The zero-order valence-electron chi connectivity index (χ0n) is 14.5. The number of urea groups is 1. The molecule has 1 fully saturated rings. The van der Waals surface area contributed by atoms with E-state index in [0.717, 1.165) is 31.2 Å². The van der Waals surface area contributed by atoms with E-state index in [0.29, 0.717) is 21.0 Å². The number of imide groups is 1. The van der Waals surface area contributed by atoms with Crippen LogP contribution < -0.4 is 11.1 Å². The molecule has 27 heavy (non-hydrogen) atoms. The number of hydrogen-bond acceptors (Lipinski definition) is 5. The molecule has 3 amide bonds. The minimum Gasteiger partial charge on any atom is -0.351 e. The summed E-state index contributed by atoms with van der Waals surface area (Å²) in [5, 5.41) is 12.3. The number of nitrogens with zero attached hydrogens (tertiary/aromatic N) is 3. The Hall–Kier alpha value is -1.77. The number of nitrogens with one attached hydrogen (secondary N) is 1. The van der Waals surface area contributed by atoms with Crippen molar-refractivity contribution in [3.8, 4) is 11.4 Å². The lowest BCUT2D eigenvalue weighted by Crippen LogP contribution is -2.36. The van der Waals surface area contributed by atoms with Gasteiger partial charge in [0.25, 0.3) is 0 Å². The molecule has 0 radical (unpaired) electrons. The predicted octanol–water partition coefficient (Wildman–Crippen LogP) is 4.04. The topological polar surface area (TPSA) is 103 Å². The summed E-state index contributed by atoms with van der Waals surface area (Å²) in [6.45, 7) is 0. The third-order valence-electron chi connectivity index (χ3n) is 4.37. The number of halogens is 2. The van der Waals surface area contributed by atoms with Gasteiger partial charge in [-0.1, -0.05) is 54.2 Å². The largest absolute Gasteiger partial charge is 0.351 e. The van der Waals surface area contributed by atoms with Crippen molar-refractivity contribution in [1.29, 1.82) is 0 Å². The Morgan fingerprint density at radius 3 is 2.63 bits per heavy atom. The normalized spacial score (nSPS) is 14.9. The molecule has 1 saturated carbocycles. The molecule has 0 aliphatic heterocycles. The number of benzene rings is 1. The van der Waals surface area contributed by atoms with Crippen LogP contribution in [0.15, 0.2) is 23.4 Å². The van der Waals surface area contributed by atoms with Crippen LogP contribution in [0.5, 0.6) is 0 Å². The lowest BCUT2D eigenvalue weighted by Gasteiger charge is -2.25. The van der Waals surface area contributed by atoms with Gasteiger partial charge in [-0.05, 0) is 31.0 Å². The van der Waals surface area contributed by atoms with Crippen molar-refractivity contribution in [3.63, 3.8) is 0 Å². The van der Waals surface area contributed by atoms with Crippen LogP contribution in [-0.4, -0.2) is 32.5 Å². The smallest absolute Gasteiger partial charge is 0.318 e. The van der Waals surface area contributed by atoms with Gasteiger partial charge >= 0.3 is 6.03 Å². The Morgan fingerprint density at radius 2 is 1.96 bits per heavy atom. The fourth-order valence-electron chi connectivity index (χ4n) is 3.20. The molecule has 1 aliphatic rings. The van der Waals surface area contributed by atoms with Crippen LogP contribution >= 0.6 is 35.0 Å². The molecule has 3 rings (SSSR count). The maximum absolute atomic E-state index is 11.8. The second kappa shape index (κ2) is 8.95. The van der Waals surface area contributed by atoms with Gasteiger partial charge in [0, 0.05) is 16.6 Å². The number of nitrogens with two attached hydrogens (primary N) is 1. The van der Waals surface area contributed by atoms with Crippen LogP contribution in [0.2, 0.25) is 10.0 Å². The Bertz CT molecular complexity index is 852. The minimum atomic E-state index is -0.872.